The predicted molar refractivity (Wildman–Crippen MR) is 64.2 cm³/mol. The summed E-state index contributed by atoms with van der Waals surface area (Å²) in [6.07, 6.45) is -0.0544. The summed E-state index contributed by atoms with van der Waals surface area (Å²) in [7, 11) is 0. The molecule has 4 nitrogen and oxygen atoms in total. The molecule has 1 heterocycles. The molecule has 0 aliphatic carbocycles. The van der Waals surface area contributed by atoms with Crippen molar-refractivity contribution in [2.75, 3.05) is 19.7 Å². The summed E-state index contributed by atoms with van der Waals surface area (Å²) in [5.74, 6) is 0.591. The Balaban J connectivity index is 1.73. The van der Waals surface area contributed by atoms with Crippen LogP contribution >= 0.6 is 11.6 Å². The fraction of sp³-hybridized carbons (Fsp3) is 0.417. The Hall–Kier alpha value is -1.26. The third-order valence-corrected chi connectivity index (χ3v) is 2.94. The number of aliphatic hydroxyl groups is 1. The van der Waals surface area contributed by atoms with E-state index in [1.54, 1.807) is 17.0 Å². The summed E-state index contributed by atoms with van der Waals surface area (Å²) in [5.41, 5.74) is 0. The fourth-order valence-electron chi connectivity index (χ4n) is 1.63. The average molecular weight is 256 g/mol. The summed E-state index contributed by atoms with van der Waals surface area (Å²) in [6.45, 7) is 1.17. The van der Waals surface area contributed by atoms with Gasteiger partial charge in [-0.1, -0.05) is 23.7 Å². The maximum absolute atomic E-state index is 11.5. The molecule has 1 aliphatic rings. The van der Waals surface area contributed by atoms with Crippen LogP contribution in [-0.4, -0.2) is 41.7 Å². The largest absolute Gasteiger partial charge is 0.491 e. The van der Waals surface area contributed by atoms with E-state index in [0.29, 0.717) is 36.9 Å². The van der Waals surface area contributed by atoms with Crippen LogP contribution in [0.15, 0.2) is 24.3 Å². The number of nitrogens with zero attached hydrogens (tertiary/aromatic N) is 1. The van der Waals surface area contributed by atoms with E-state index in [2.05, 4.69) is 0 Å². The standard InChI is InChI=1S/C12H14ClNO3/c13-10-3-1-2-4-11(10)17-6-5-12(16)14-7-9(15)8-14/h1-4,9,15H,5-8H2. The molecule has 1 fully saturated rings. The van der Waals surface area contributed by atoms with E-state index >= 15 is 0 Å². The van der Waals surface area contributed by atoms with E-state index in [-0.39, 0.29) is 12.0 Å². The molecule has 92 valence electrons. The number of amides is 1. The first-order valence-corrected chi connectivity index (χ1v) is 5.88. The summed E-state index contributed by atoms with van der Waals surface area (Å²) < 4.78 is 5.41. The second kappa shape index (κ2) is 5.38. The SMILES string of the molecule is O=C(CCOc1ccccc1Cl)N1CC(O)C1. The first kappa shape index (κ1) is 12.2. The first-order valence-electron chi connectivity index (χ1n) is 5.50. The molecular formula is C12H14ClNO3. The van der Waals surface area contributed by atoms with Crippen molar-refractivity contribution in [3.8, 4) is 5.75 Å². The Labute approximate surface area is 105 Å². The third-order valence-electron chi connectivity index (χ3n) is 2.63. The number of β-amino-alcohol motifs (C(OH)–C–C–N with tert-alkyl or cyclic N) is 1. The number of carbonyl (C=O) groups is 1. The molecule has 17 heavy (non-hydrogen) atoms. The quantitative estimate of drug-likeness (QED) is 0.883. The summed E-state index contributed by atoms with van der Waals surface area (Å²) in [4.78, 5) is 13.2. The van der Waals surface area contributed by atoms with Crippen molar-refractivity contribution in [3.63, 3.8) is 0 Å². The van der Waals surface area contributed by atoms with Crippen LogP contribution in [0.5, 0.6) is 5.75 Å². The minimum Gasteiger partial charge on any atom is -0.491 e. The molecule has 0 radical (unpaired) electrons. The molecule has 1 aliphatic heterocycles. The molecule has 1 N–H and O–H groups in total. The van der Waals surface area contributed by atoms with Crippen molar-refractivity contribution >= 4 is 17.5 Å². The summed E-state index contributed by atoms with van der Waals surface area (Å²) >= 11 is 5.91. The van der Waals surface area contributed by atoms with Crippen molar-refractivity contribution < 1.29 is 14.6 Å². The lowest BCUT2D eigenvalue weighted by Crippen LogP contribution is -2.53. The normalized spacial score (nSPS) is 15.5. The van der Waals surface area contributed by atoms with Gasteiger partial charge in [0.15, 0.2) is 0 Å². The van der Waals surface area contributed by atoms with Crippen LogP contribution in [0.3, 0.4) is 0 Å². The second-order valence-corrected chi connectivity index (χ2v) is 4.39. The molecule has 0 bridgehead atoms. The zero-order valence-electron chi connectivity index (χ0n) is 9.30. The number of likely N-dealkylation sites (tertiary alicyclic amines) is 1. The number of ether oxygens (including phenoxy) is 1. The van der Waals surface area contributed by atoms with Crippen molar-refractivity contribution in [2.45, 2.75) is 12.5 Å². The summed E-state index contributed by atoms with van der Waals surface area (Å²) in [5, 5.41) is 9.61. The van der Waals surface area contributed by atoms with Gasteiger partial charge in [-0.05, 0) is 12.1 Å². The minimum absolute atomic E-state index is 0.00218. The molecule has 0 unspecified atom stereocenters. The number of halogens is 1. The number of benzene rings is 1. The first-order chi connectivity index (χ1) is 8.16. The molecule has 1 aromatic rings. The molecule has 0 aromatic heterocycles. The Morgan fingerprint density at radius 2 is 2.18 bits per heavy atom. The van der Waals surface area contributed by atoms with E-state index in [1.807, 2.05) is 12.1 Å². The number of para-hydroxylation sites is 1. The number of hydrogen-bond acceptors (Lipinski definition) is 3. The second-order valence-electron chi connectivity index (χ2n) is 3.98. The highest BCUT2D eigenvalue weighted by Crippen LogP contribution is 2.23. The van der Waals surface area contributed by atoms with Crippen molar-refractivity contribution in [3.05, 3.63) is 29.3 Å². The monoisotopic (exact) mass is 255 g/mol. The third kappa shape index (κ3) is 3.11. The maximum Gasteiger partial charge on any atom is 0.226 e. The van der Waals surface area contributed by atoms with E-state index in [9.17, 15) is 4.79 Å². The van der Waals surface area contributed by atoms with Crippen molar-refractivity contribution in [1.82, 2.24) is 4.90 Å². The van der Waals surface area contributed by atoms with Gasteiger partial charge in [-0.2, -0.15) is 0 Å². The van der Waals surface area contributed by atoms with E-state index in [1.165, 1.54) is 0 Å². The van der Waals surface area contributed by atoms with E-state index in [4.69, 9.17) is 21.4 Å². The molecule has 1 aromatic carbocycles. The van der Waals surface area contributed by atoms with Gasteiger partial charge in [-0.3, -0.25) is 4.79 Å². The molecule has 1 amide bonds. The van der Waals surface area contributed by atoms with Gasteiger partial charge < -0.3 is 14.7 Å². The molecule has 0 spiro atoms. The smallest absolute Gasteiger partial charge is 0.226 e. The van der Waals surface area contributed by atoms with Gasteiger partial charge in [-0.15, -0.1) is 0 Å². The highest BCUT2D eigenvalue weighted by atomic mass is 35.5. The zero-order chi connectivity index (χ0) is 12.3. The van der Waals surface area contributed by atoms with Crippen LogP contribution in [-0.2, 0) is 4.79 Å². The lowest BCUT2D eigenvalue weighted by molar-refractivity contribution is -0.141. The highest BCUT2D eigenvalue weighted by Gasteiger charge is 2.28. The molecule has 2 rings (SSSR count). The predicted octanol–water partition coefficient (Wildman–Crippen LogP) is 1.31. The van der Waals surface area contributed by atoms with Gasteiger partial charge in [0.1, 0.15) is 5.75 Å². The number of carbonyl (C=O) groups excluding carboxylic acids is 1. The minimum atomic E-state index is -0.358. The van der Waals surface area contributed by atoms with Crippen LogP contribution in [0.25, 0.3) is 0 Å². The van der Waals surface area contributed by atoms with E-state index < -0.39 is 0 Å². The number of hydrogen-bond donors (Lipinski definition) is 1. The summed E-state index contributed by atoms with van der Waals surface area (Å²) in [6, 6.07) is 7.15. The lowest BCUT2D eigenvalue weighted by atomic mass is 10.1. The van der Waals surface area contributed by atoms with Gasteiger partial charge in [-0.25, -0.2) is 0 Å². The van der Waals surface area contributed by atoms with Crippen LogP contribution in [0.1, 0.15) is 6.42 Å². The van der Waals surface area contributed by atoms with Gasteiger partial charge >= 0.3 is 0 Å². The molecule has 5 heteroatoms. The fourth-order valence-corrected chi connectivity index (χ4v) is 1.82. The number of rotatable bonds is 4. The van der Waals surface area contributed by atoms with Crippen LogP contribution < -0.4 is 4.74 Å². The Bertz CT molecular complexity index is 404. The van der Waals surface area contributed by atoms with E-state index in [0.717, 1.165) is 0 Å². The van der Waals surface area contributed by atoms with Gasteiger partial charge in [0, 0.05) is 13.1 Å². The van der Waals surface area contributed by atoms with Crippen molar-refractivity contribution in [1.29, 1.82) is 0 Å². The van der Waals surface area contributed by atoms with Gasteiger partial charge in [0.05, 0.1) is 24.2 Å². The molecule has 0 saturated carbocycles. The highest BCUT2D eigenvalue weighted by molar-refractivity contribution is 6.32. The van der Waals surface area contributed by atoms with Crippen LogP contribution in [0, 0.1) is 0 Å². The Morgan fingerprint density at radius 3 is 2.82 bits per heavy atom. The molecule has 0 atom stereocenters. The topological polar surface area (TPSA) is 49.8 Å². The molecular weight excluding hydrogens is 242 g/mol. The van der Waals surface area contributed by atoms with Gasteiger partial charge in [0.2, 0.25) is 5.91 Å². The maximum atomic E-state index is 11.5. The number of aliphatic hydroxyl groups excluding tert-OH is 1. The van der Waals surface area contributed by atoms with Crippen LogP contribution in [0.2, 0.25) is 5.02 Å². The Kier molecular flexibility index (Phi) is 3.86. The van der Waals surface area contributed by atoms with Gasteiger partial charge in [0.25, 0.3) is 0 Å². The van der Waals surface area contributed by atoms with Crippen molar-refractivity contribution in [2.24, 2.45) is 0 Å². The zero-order valence-corrected chi connectivity index (χ0v) is 10.1. The van der Waals surface area contributed by atoms with Crippen LogP contribution in [0.4, 0.5) is 0 Å². The lowest BCUT2D eigenvalue weighted by Gasteiger charge is -2.35. The Morgan fingerprint density at radius 1 is 1.47 bits per heavy atom. The average Bonchev–Trinajstić information content (AvgIpc) is 2.27. The molecule has 1 saturated heterocycles.